The van der Waals surface area contributed by atoms with E-state index in [1.165, 1.54) is 22.8 Å². The quantitative estimate of drug-likeness (QED) is 0.804. The van der Waals surface area contributed by atoms with Gasteiger partial charge in [-0.15, -0.1) is 0 Å². The van der Waals surface area contributed by atoms with Gasteiger partial charge in [0.15, 0.2) is 0 Å². The Kier molecular flexibility index (Phi) is 2.80. The van der Waals surface area contributed by atoms with E-state index >= 15 is 0 Å². The summed E-state index contributed by atoms with van der Waals surface area (Å²) in [7, 11) is 0. The molecule has 5 heteroatoms. The number of thiazole rings is 1. The zero-order chi connectivity index (χ0) is 13.5. The van der Waals surface area contributed by atoms with Gasteiger partial charge in [-0.1, -0.05) is 36.3 Å². The summed E-state index contributed by atoms with van der Waals surface area (Å²) < 4.78 is 1.10. The molecule has 1 saturated carbocycles. The summed E-state index contributed by atoms with van der Waals surface area (Å²) in [5.41, 5.74) is 2.00. The van der Waals surface area contributed by atoms with Gasteiger partial charge in [-0.3, -0.25) is 4.79 Å². The molecule has 20 heavy (non-hydrogen) atoms. The number of carbonyl (C=O) groups is 1. The highest BCUT2D eigenvalue weighted by Gasteiger charge is 2.38. The maximum Gasteiger partial charge on any atom is 0.258 e. The molecule has 1 fully saturated rings. The van der Waals surface area contributed by atoms with Crippen molar-refractivity contribution in [2.24, 2.45) is 11.0 Å². The summed E-state index contributed by atoms with van der Waals surface area (Å²) in [6.07, 6.45) is 5.39. The van der Waals surface area contributed by atoms with Crippen LogP contribution in [0.15, 0.2) is 29.4 Å². The lowest BCUT2D eigenvalue weighted by Gasteiger charge is -2.10. The normalized spacial score (nSPS) is 22.8. The van der Waals surface area contributed by atoms with Crippen molar-refractivity contribution in [3.8, 4) is 0 Å². The number of rotatable bonds is 1. The molecule has 0 spiro atoms. The van der Waals surface area contributed by atoms with E-state index < -0.39 is 0 Å². The molecule has 1 amide bonds. The smallest absolute Gasteiger partial charge is 0.258 e. The van der Waals surface area contributed by atoms with Gasteiger partial charge in [0.05, 0.1) is 21.8 Å². The molecule has 1 aromatic carbocycles. The highest BCUT2D eigenvalue weighted by atomic mass is 32.1. The van der Waals surface area contributed by atoms with Crippen LogP contribution in [0.25, 0.3) is 10.2 Å². The van der Waals surface area contributed by atoms with Gasteiger partial charge in [-0.2, -0.15) is 10.1 Å². The fraction of sp³-hybridized carbons (Fsp3) is 0.400. The van der Waals surface area contributed by atoms with Crippen molar-refractivity contribution in [3.63, 3.8) is 0 Å². The molecule has 0 saturated heterocycles. The third-order valence-corrected chi connectivity index (χ3v) is 5.04. The average Bonchev–Trinajstić information content (AvgIpc) is 2.92. The molecule has 0 N–H and O–H groups in total. The first-order valence-electron chi connectivity index (χ1n) is 7.10. The molecule has 1 atom stereocenters. The SMILES string of the molecule is O=C1C2CCCCCC2=NN1c1nc2ccccc2s1. The molecular formula is C15H15N3OS. The Morgan fingerprint density at radius 3 is 3.00 bits per heavy atom. The van der Waals surface area contributed by atoms with Crippen molar-refractivity contribution in [1.82, 2.24) is 4.98 Å². The molecule has 102 valence electrons. The second-order valence-electron chi connectivity index (χ2n) is 5.36. The van der Waals surface area contributed by atoms with Gasteiger partial charge in [-0.25, -0.2) is 4.98 Å². The van der Waals surface area contributed by atoms with Crippen molar-refractivity contribution in [1.29, 1.82) is 0 Å². The summed E-state index contributed by atoms with van der Waals surface area (Å²) in [5, 5.41) is 6.81. The molecule has 0 radical (unpaired) electrons. The van der Waals surface area contributed by atoms with Crippen molar-refractivity contribution in [2.45, 2.75) is 32.1 Å². The fourth-order valence-electron chi connectivity index (χ4n) is 2.97. The van der Waals surface area contributed by atoms with E-state index in [2.05, 4.69) is 10.1 Å². The molecule has 4 nitrogen and oxygen atoms in total. The monoisotopic (exact) mass is 285 g/mol. The molecule has 2 heterocycles. The van der Waals surface area contributed by atoms with Gasteiger partial charge in [0, 0.05) is 0 Å². The van der Waals surface area contributed by atoms with Crippen LogP contribution < -0.4 is 5.01 Å². The molecule has 1 aliphatic heterocycles. The Morgan fingerprint density at radius 2 is 2.10 bits per heavy atom. The minimum absolute atomic E-state index is 0.00418. The highest BCUT2D eigenvalue weighted by Crippen LogP contribution is 2.35. The van der Waals surface area contributed by atoms with Crippen molar-refractivity contribution in [3.05, 3.63) is 24.3 Å². The van der Waals surface area contributed by atoms with Crippen LogP contribution in [-0.2, 0) is 4.79 Å². The summed E-state index contributed by atoms with van der Waals surface area (Å²) in [4.78, 5) is 17.1. The minimum atomic E-state index is 0.00418. The van der Waals surface area contributed by atoms with Crippen LogP contribution in [0.2, 0.25) is 0 Å². The number of amides is 1. The van der Waals surface area contributed by atoms with Crippen LogP contribution in [0.5, 0.6) is 0 Å². The van der Waals surface area contributed by atoms with Gasteiger partial charge in [-0.05, 0) is 31.4 Å². The molecule has 0 bridgehead atoms. The number of fused-ring (bicyclic) bond motifs is 2. The molecule has 1 unspecified atom stereocenters. The van der Waals surface area contributed by atoms with Crippen LogP contribution in [0.1, 0.15) is 32.1 Å². The van der Waals surface area contributed by atoms with Crippen molar-refractivity contribution >= 4 is 38.3 Å². The summed E-state index contributed by atoms with van der Waals surface area (Å²) >= 11 is 1.54. The van der Waals surface area contributed by atoms with Gasteiger partial charge in [0.1, 0.15) is 0 Å². The zero-order valence-electron chi connectivity index (χ0n) is 11.1. The van der Waals surface area contributed by atoms with Crippen molar-refractivity contribution < 1.29 is 4.79 Å². The van der Waals surface area contributed by atoms with Crippen LogP contribution in [-0.4, -0.2) is 16.6 Å². The fourth-order valence-corrected chi connectivity index (χ4v) is 3.89. The Hall–Kier alpha value is -1.75. The number of hydrogen-bond donors (Lipinski definition) is 0. The number of hydrazone groups is 1. The number of aromatic nitrogens is 1. The lowest BCUT2D eigenvalue weighted by Crippen LogP contribution is -2.26. The van der Waals surface area contributed by atoms with E-state index in [9.17, 15) is 4.79 Å². The van der Waals surface area contributed by atoms with E-state index in [1.54, 1.807) is 0 Å². The second kappa shape index (κ2) is 4.66. The Bertz CT molecular complexity index is 673. The van der Waals surface area contributed by atoms with Gasteiger partial charge < -0.3 is 0 Å². The lowest BCUT2D eigenvalue weighted by molar-refractivity contribution is -0.119. The maximum atomic E-state index is 12.5. The van der Waals surface area contributed by atoms with E-state index in [1.807, 2.05) is 24.3 Å². The number of nitrogens with zero attached hydrogens (tertiary/aromatic N) is 3. The molecular weight excluding hydrogens is 270 g/mol. The maximum absolute atomic E-state index is 12.5. The first kappa shape index (κ1) is 12.0. The number of benzene rings is 1. The molecule has 2 aliphatic rings. The highest BCUT2D eigenvalue weighted by molar-refractivity contribution is 7.22. The summed E-state index contributed by atoms with van der Waals surface area (Å²) in [6, 6.07) is 7.96. The van der Waals surface area contributed by atoms with Gasteiger partial charge in [0.2, 0.25) is 5.13 Å². The predicted octanol–water partition coefficient (Wildman–Crippen LogP) is 3.58. The van der Waals surface area contributed by atoms with Gasteiger partial charge >= 0.3 is 0 Å². The number of anilines is 1. The molecule has 2 aromatic rings. The number of hydrogen-bond acceptors (Lipinski definition) is 4. The summed E-state index contributed by atoms with van der Waals surface area (Å²) in [5.74, 6) is 0.116. The van der Waals surface area contributed by atoms with Crippen LogP contribution in [0.4, 0.5) is 5.13 Å². The molecule has 1 aromatic heterocycles. The summed E-state index contributed by atoms with van der Waals surface area (Å²) in [6.45, 7) is 0. The first-order chi connectivity index (χ1) is 9.83. The molecule has 4 rings (SSSR count). The van der Waals surface area contributed by atoms with Crippen LogP contribution in [0, 0.1) is 5.92 Å². The largest absolute Gasteiger partial charge is 0.272 e. The third-order valence-electron chi connectivity index (χ3n) is 4.03. The number of carbonyl (C=O) groups excluding carboxylic acids is 1. The first-order valence-corrected chi connectivity index (χ1v) is 7.91. The van der Waals surface area contributed by atoms with Gasteiger partial charge in [0.25, 0.3) is 5.91 Å². The van der Waals surface area contributed by atoms with E-state index in [0.29, 0.717) is 5.13 Å². The zero-order valence-corrected chi connectivity index (χ0v) is 11.9. The lowest BCUT2D eigenvalue weighted by atomic mass is 9.99. The van der Waals surface area contributed by atoms with Crippen LogP contribution in [0.3, 0.4) is 0 Å². The standard InChI is InChI=1S/C15H15N3OS/c19-14-10-6-2-1-3-7-11(10)17-18(14)15-16-12-8-4-5-9-13(12)20-15/h4-5,8-10H,1-3,6-7H2. The third kappa shape index (κ3) is 1.85. The van der Waals surface area contributed by atoms with E-state index in [0.717, 1.165) is 41.6 Å². The van der Waals surface area contributed by atoms with E-state index in [4.69, 9.17) is 0 Å². The molecule has 1 aliphatic carbocycles. The minimum Gasteiger partial charge on any atom is -0.272 e. The average molecular weight is 285 g/mol. The van der Waals surface area contributed by atoms with E-state index in [-0.39, 0.29) is 11.8 Å². The second-order valence-corrected chi connectivity index (χ2v) is 6.37. The van der Waals surface area contributed by atoms with Crippen molar-refractivity contribution in [2.75, 3.05) is 5.01 Å². The predicted molar refractivity (Wildman–Crippen MR) is 81.1 cm³/mol. The van der Waals surface area contributed by atoms with Crippen LogP contribution >= 0.6 is 11.3 Å². The number of para-hydroxylation sites is 1. The Balaban J connectivity index is 1.73. The topological polar surface area (TPSA) is 45.6 Å². The Labute approximate surface area is 121 Å². The Morgan fingerprint density at radius 1 is 1.20 bits per heavy atom.